The van der Waals surface area contributed by atoms with E-state index in [4.69, 9.17) is 4.74 Å². The van der Waals surface area contributed by atoms with E-state index in [9.17, 15) is 22.0 Å². The fourth-order valence-corrected chi connectivity index (χ4v) is 5.34. The molecule has 0 saturated heterocycles. The first kappa shape index (κ1) is 27.9. The molecule has 0 N–H and O–H groups in total. The van der Waals surface area contributed by atoms with Crippen molar-refractivity contribution in [2.24, 2.45) is 5.92 Å². The van der Waals surface area contributed by atoms with E-state index < -0.39 is 23.7 Å². The summed E-state index contributed by atoms with van der Waals surface area (Å²) in [6.07, 6.45) is 5.22. The first-order valence-electron chi connectivity index (χ1n) is 13.3. The second kappa shape index (κ2) is 12.2. The van der Waals surface area contributed by atoms with Gasteiger partial charge in [-0.25, -0.2) is 4.39 Å². The maximum Gasteiger partial charge on any atom is 0.573 e. The SMILES string of the molecule is CCCCC[C@H]1CC[C@H](c2ccc(-c3cc(F)c(F)c(Oc4ccc(OC(F)(F)F)cc4)c3C)cc2)CC1. The summed E-state index contributed by atoms with van der Waals surface area (Å²) >= 11 is 0. The quantitative estimate of drug-likeness (QED) is 0.202. The molecule has 7 heteroatoms. The average Bonchev–Trinajstić information content (AvgIpc) is 2.89. The number of hydrogen-bond donors (Lipinski definition) is 0. The Kier molecular flexibility index (Phi) is 8.95. The Morgan fingerprint density at radius 1 is 0.842 bits per heavy atom. The van der Waals surface area contributed by atoms with Crippen molar-refractivity contribution in [3.05, 3.63) is 77.4 Å². The number of unbranched alkanes of at least 4 members (excludes halogenated alkanes) is 2. The van der Waals surface area contributed by atoms with Crippen LogP contribution in [0.3, 0.4) is 0 Å². The van der Waals surface area contributed by atoms with Crippen molar-refractivity contribution in [1.29, 1.82) is 0 Å². The molecule has 0 atom stereocenters. The van der Waals surface area contributed by atoms with Gasteiger partial charge in [0, 0.05) is 5.56 Å². The molecule has 1 aliphatic carbocycles. The van der Waals surface area contributed by atoms with Crippen molar-refractivity contribution in [2.75, 3.05) is 0 Å². The topological polar surface area (TPSA) is 18.5 Å². The van der Waals surface area contributed by atoms with Crippen molar-refractivity contribution < 1.29 is 31.4 Å². The van der Waals surface area contributed by atoms with E-state index in [0.29, 0.717) is 17.0 Å². The minimum absolute atomic E-state index is 0.0544. The zero-order valence-corrected chi connectivity index (χ0v) is 21.7. The van der Waals surface area contributed by atoms with Crippen LogP contribution in [0.25, 0.3) is 11.1 Å². The molecule has 0 amide bonds. The summed E-state index contributed by atoms with van der Waals surface area (Å²) in [4.78, 5) is 0. The molecule has 3 aromatic carbocycles. The molecule has 0 spiro atoms. The first-order chi connectivity index (χ1) is 18.1. The van der Waals surface area contributed by atoms with E-state index in [0.717, 1.165) is 29.7 Å². The molecule has 0 unspecified atom stereocenters. The molecular formula is C31H33F5O2. The van der Waals surface area contributed by atoms with E-state index in [-0.39, 0.29) is 11.5 Å². The molecule has 0 bridgehead atoms. The highest BCUT2D eigenvalue weighted by Crippen LogP contribution is 2.40. The fourth-order valence-electron chi connectivity index (χ4n) is 5.34. The largest absolute Gasteiger partial charge is 0.573 e. The van der Waals surface area contributed by atoms with Crippen molar-refractivity contribution in [1.82, 2.24) is 0 Å². The van der Waals surface area contributed by atoms with E-state index in [1.807, 2.05) is 12.1 Å². The molecule has 4 rings (SSSR count). The van der Waals surface area contributed by atoms with E-state index in [2.05, 4.69) is 23.8 Å². The Hall–Kier alpha value is -3.09. The predicted molar refractivity (Wildman–Crippen MR) is 139 cm³/mol. The van der Waals surface area contributed by atoms with Crippen LogP contribution in [-0.4, -0.2) is 6.36 Å². The van der Waals surface area contributed by atoms with Crippen LogP contribution in [0, 0.1) is 24.5 Å². The molecular weight excluding hydrogens is 499 g/mol. The van der Waals surface area contributed by atoms with Gasteiger partial charge in [0.25, 0.3) is 0 Å². The third-order valence-corrected chi connectivity index (χ3v) is 7.46. The highest BCUT2D eigenvalue weighted by molar-refractivity contribution is 5.70. The fraction of sp³-hybridized carbons (Fsp3) is 0.419. The summed E-state index contributed by atoms with van der Waals surface area (Å²) < 4.78 is 75.9. The van der Waals surface area contributed by atoms with Gasteiger partial charge < -0.3 is 9.47 Å². The summed E-state index contributed by atoms with van der Waals surface area (Å²) in [6.45, 7) is 3.86. The Morgan fingerprint density at radius 2 is 1.47 bits per heavy atom. The lowest BCUT2D eigenvalue weighted by molar-refractivity contribution is -0.274. The maximum absolute atomic E-state index is 14.7. The van der Waals surface area contributed by atoms with Crippen LogP contribution in [-0.2, 0) is 0 Å². The molecule has 1 fully saturated rings. The van der Waals surface area contributed by atoms with Gasteiger partial charge in [-0.05, 0) is 91.5 Å². The standard InChI is InChI=1S/C31H33F5O2/c1-3-4-5-6-21-7-9-22(10-8-21)23-11-13-24(14-12-23)27-19-28(32)29(33)30(20(27)2)37-25-15-17-26(18-16-25)38-31(34,35)36/h11-19,21-22H,3-10H2,1-2H3/t21-,22-. The number of halogens is 5. The van der Waals surface area contributed by atoms with Gasteiger partial charge in [0.2, 0.25) is 5.82 Å². The van der Waals surface area contributed by atoms with Crippen LogP contribution in [0.1, 0.15) is 75.3 Å². The lowest BCUT2D eigenvalue weighted by Crippen LogP contribution is -2.16. The van der Waals surface area contributed by atoms with E-state index >= 15 is 0 Å². The average molecular weight is 533 g/mol. The minimum atomic E-state index is -4.83. The molecule has 0 aliphatic heterocycles. The molecule has 1 aliphatic rings. The highest BCUT2D eigenvalue weighted by Gasteiger charge is 2.31. The molecule has 0 radical (unpaired) electrons. The molecule has 38 heavy (non-hydrogen) atoms. The lowest BCUT2D eigenvalue weighted by atomic mass is 9.77. The third kappa shape index (κ3) is 7.06. The van der Waals surface area contributed by atoms with Gasteiger partial charge in [0.1, 0.15) is 11.5 Å². The highest BCUT2D eigenvalue weighted by atomic mass is 19.4. The second-order valence-corrected chi connectivity index (χ2v) is 10.1. The Balaban J connectivity index is 1.47. The van der Waals surface area contributed by atoms with Crippen LogP contribution in [0.4, 0.5) is 22.0 Å². The smallest absolute Gasteiger partial charge is 0.454 e. The van der Waals surface area contributed by atoms with Gasteiger partial charge in [-0.1, -0.05) is 56.9 Å². The number of rotatable bonds is 9. The van der Waals surface area contributed by atoms with Crippen LogP contribution in [0.5, 0.6) is 17.2 Å². The number of benzene rings is 3. The molecule has 1 saturated carbocycles. The van der Waals surface area contributed by atoms with Gasteiger partial charge in [-0.15, -0.1) is 13.2 Å². The Labute approximate surface area is 220 Å². The summed E-state index contributed by atoms with van der Waals surface area (Å²) in [6, 6.07) is 13.6. The molecule has 0 heterocycles. The summed E-state index contributed by atoms with van der Waals surface area (Å²) in [5, 5.41) is 0. The number of ether oxygens (including phenoxy) is 2. The van der Waals surface area contributed by atoms with Gasteiger partial charge in [0.05, 0.1) is 0 Å². The van der Waals surface area contributed by atoms with E-state index in [1.54, 1.807) is 6.92 Å². The Morgan fingerprint density at radius 3 is 2.08 bits per heavy atom. The number of alkyl halides is 3. The second-order valence-electron chi connectivity index (χ2n) is 10.1. The molecule has 2 nitrogen and oxygen atoms in total. The lowest BCUT2D eigenvalue weighted by Gasteiger charge is -2.29. The number of hydrogen-bond acceptors (Lipinski definition) is 2. The van der Waals surface area contributed by atoms with Crippen LogP contribution in [0.15, 0.2) is 54.6 Å². The van der Waals surface area contributed by atoms with Crippen LogP contribution < -0.4 is 9.47 Å². The zero-order chi connectivity index (χ0) is 27.3. The maximum atomic E-state index is 14.7. The first-order valence-corrected chi connectivity index (χ1v) is 13.3. The predicted octanol–water partition coefficient (Wildman–Crippen LogP) is 10.5. The van der Waals surface area contributed by atoms with Gasteiger partial charge in [-0.2, -0.15) is 4.39 Å². The van der Waals surface area contributed by atoms with Gasteiger partial charge in [-0.3, -0.25) is 0 Å². The summed E-state index contributed by atoms with van der Waals surface area (Å²) in [5.74, 6) is -1.58. The van der Waals surface area contributed by atoms with Crippen molar-refractivity contribution in [3.8, 4) is 28.4 Å². The Bertz CT molecular complexity index is 1190. The monoisotopic (exact) mass is 532 g/mol. The van der Waals surface area contributed by atoms with E-state index in [1.165, 1.54) is 69.1 Å². The third-order valence-electron chi connectivity index (χ3n) is 7.46. The summed E-state index contributed by atoms with van der Waals surface area (Å²) in [7, 11) is 0. The minimum Gasteiger partial charge on any atom is -0.454 e. The zero-order valence-electron chi connectivity index (χ0n) is 21.7. The van der Waals surface area contributed by atoms with Crippen LogP contribution in [0.2, 0.25) is 0 Å². The summed E-state index contributed by atoms with van der Waals surface area (Å²) in [5.41, 5.74) is 2.87. The molecule has 0 aromatic heterocycles. The van der Waals surface area contributed by atoms with Gasteiger partial charge in [0.15, 0.2) is 11.6 Å². The van der Waals surface area contributed by atoms with Gasteiger partial charge >= 0.3 is 6.36 Å². The molecule has 204 valence electrons. The van der Waals surface area contributed by atoms with Crippen molar-refractivity contribution in [2.45, 2.75) is 77.5 Å². The molecule has 3 aromatic rings. The normalized spacial score (nSPS) is 17.9. The van der Waals surface area contributed by atoms with Crippen molar-refractivity contribution in [3.63, 3.8) is 0 Å². The van der Waals surface area contributed by atoms with Crippen LogP contribution >= 0.6 is 0 Å². The van der Waals surface area contributed by atoms with Crippen molar-refractivity contribution >= 4 is 0 Å².